The number of aromatic hydroxyl groups is 1. The quantitative estimate of drug-likeness (QED) is 0.759. The first-order valence-electron chi connectivity index (χ1n) is 8.82. The fraction of sp³-hybridized carbons (Fsp3) is 0.444. The lowest BCUT2D eigenvalue weighted by atomic mass is 10.0. The van der Waals surface area contributed by atoms with Crippen LogP contribution in [0.3, 0.4) is 0 Å². The molecule has 1 fully saturated rings. The van der Waals surface area contributed by atoms with Crippen molar-refractivity contribution >= 4 is 16.3 Å². The number of rotatable bonds is 4. The predicted octanol–water partition coefficient (Wildman–Crippen LogP) is 2.53. The van der Waals surface area contributed by atoms with Gasteiger partial charge in [-0.05, 0) is 24.7 Å². The van der Waals surface area contributed by atoms with E-state index in [0.717, 1.165) is 43.0 Å². The van der Waals surface area contributed by atoms with Gasteiger partial charge in [-0.2, -0.15) is 4.52 Å². The minimum atomic E-state index is -0.270. The molecule has 0 bridgehead atoms. The molecule has 0 amide bonds. The zero-order chi connectivity index (χ0) is 18.3. The average molecular weight is 375 g/mol. The van der Waals surface area contributed by atoms with Crippen LogP contribution in [0.4, 0.5) is 4.39 Å². The van der Waals surface area contributed by atoms with E-state index in [4.69, 9.17) is 0 Å². The largest absolute Gasteiger partial charge is 0.492 e. The fourth-order valence-electron chi connectivity index (χ4n) is 3.40. The van der Waals surface area contributed by atoms with E-state index in [2.05, 4.69) is 26.9 Å². The van der Waals surface area contributed by atoms with E-state index < -0.39 is 0 Å². The van der Waals surface area contributed by atoms with E-state index in [9.17, 15) is 9.50 Å². The molecule has 4 rings (SSSR count). The summed E-state index contributed by atoms with van der Waals surface area (Å²) in [6, 6.07) is 6.42. The molecule has 138 valence electrons. The summed E-state index contributed by atoms with van der Waals surface area (Å²) in [4.78, 5) is 10.5. The summed E-state index contributed by atoms with van der Waals surface area (Å²) in [5, 5.41) is 15.2. The van der Waals surface area contributed by atoms with E-state index in [1.54, 1.807) is 12.1 Å². The maximum absolute atomic E-state index is 13.9. The second kappa shape index (κ2) is 6.94. The zero-order valence-electron chi connectivity index (χ0n) is 14.9. The monoisotopic (exact) mass is 375 g/mol. The molecule has 1 aliphatic rings. The number of likely N-dealkylation sites (N-methyl/N-ethyl adjacent to an activating group) is 1. The first kappa shape index (κ1) is 17.4. The summed E-state index contributed by atoms with van der Waals surface area (Å²) in [6.45, 7) is 5.56. The zero-order valence-corrected chi connectivity index (χ0v) is 15.7. The van der Waals surface area contributed by atoms with Crippen LogP contribution in [0.2, 0.25) is 0 Å². The molecule has 1 N–H and O–H groups in total. The number of aryl methyl sites for hydroxylation is 1. The molecule has 26 heavy (non-hydrogen) atoms. The van der Waals surface area contributed by atoms with Crippen LogP contribution < -0.4 is 0 Å². The highest BCUT2D eigenvalue weighted by molar-refractivity contribution is 7.17. The molecule has 6 nitrogen and oxygen atoms in total. The smallest absolute Gasteiger partial charge is 0.230 e. The summed E-state index contributed by atoms with van der Waals surface area (Å²) in [7, 11) is 2.10. The van der Waals surface area contributed by atoms with E-state index >= 15 is 0 Å². The molecule has 1 saturated heterocycles. The van der Waals surface area contributed by atoms with Crippen molar-refractivity contribution in [2.45, 2.75) is 19.4 Å². The number of fused-ring (bicyclic) bond motifs is 1. The van der Waals surface area contributed by atoms with Crippen molar-refractivity contribution in [1.29, 1.82) is 0 Å². The average Bonchev–Trinajstić information content (AvgIpc) is 3.17. The van der Waals surface area contributed by atoms with Crippen LogP contribution in [-0.2, 0) is 6.42 Å². The Morgan fingerprint density at radius 1 is 1.27 bits per heavy atom. The van der Waals surface area contributed by atoms with Gasteiger partial charge in [-0.3, -0.25) is 4.90 Å². The molecule has 1 atom stereocenters. The van der Waals surface area contributed by atoms with Crippen molar-refractivity contribution in [3.05, 3.63) is 46.3 Å². The molecule has 2 aromatic heterocycles. The lowest BCUT2D eigenvalue weighted by Gasteiger charge is -2.37. The molecular formula is C18H22FN5OS. The van der Waals surface area contributed by atoms with Crippen molar-refractivity contribution in [2.24, 2.45) is 0 Å². The van der Waals surface area contributed by atoms with Gasteiger partial charge in [0.2, 0.25) is 10.8 Å². The summed E-state index contributed by atoms with van der Waals surface area (Å²) >= 11 is 1.42. The van der Waals surface area contributed by atoms with E-state index in [1.807, 2.05) is 13.0 Å². The molecule has 1 aliphatic heterocycles. The van der Waals surface area contributed by atoms with Gasteiger partial charge in [0.1, 0.15) is 5.82 Å². The second-order valence-corrected chi connectivity index (χ2v) is 7.67. The van der Waals surface area contributed by atoms with Gasteiger partial charge >= 0.3 is 0 Å². The lowest BCUT2D eigenvalue weighted by Crippen LogP contribution is -2.46. The van der Waals surface area contributed by atoms with Crippen molar-refractivity contribution in [1.82, 2.24) is 24.4 Å². The van der Waals surface area contributed by atoms with Crippen molar-refractivity contribution in [3.63, 3.8) is 0 Å². The Kier molecular flexibility index (Phi) is 4.64. The van der Waals surface area contributed by atoms with Gasteiger partial charge in [-0.25, -0.2) is 9.37 Å². The predicted molar refractivity (Wildman–Crippen MR) is 99.2 cm³/mol. The van der Waals surface area contributed by atoms with Crippen LogP contribution in [0.15, 0.2) is 24.3 Å². The maximum atomic E-state index is 13.9. The van der Waals surface area contributed by atoms with Crippen LogP contribution in [0.25, 0.3) is 4.96 Å². The number of thiazole rings is 1. The molecule has 3 heterocycles. The van der Waals surface area contributed by atoms with Crippen LogP contribution in [0.1, 0.15) is 29.2 Å². The minimum Gasteiger partial charge on any atom is -0.492 e. The molecule has 0 spiro atoms. The topological polar surface area (TPSA) is 56.9 Å². The third-order valence-electron chi connectivity index (χ3n) is 4.88. The van der Waals surface area contributed by atoms with Gasteiger partial charge in [0.05, 0.1) is 10.9 Å². The first-order chi connectivity index (χ1) is 12.6. The highest BCUT2D eigenvalue weighted by Crippen LogP contribution is 2.40. The Bertz CT molecular complexity index is 916. The van der Waals surface area contributed by atoms with Gasteiger partial charge in [0.25, 0.3) is 0 Å². The van der Waals surface area contributed by atoms with Gasteiger partial charge in [-0.1, -0.05) is 30.4 Å². The molecule has 0 radical (unpaired) electrons. The Morgan fingerprint density at radius 3 is 2.69 bits per heavy atom. The van der Waals surface area contributed by atoms with Crippen molar-refractivity contribution in [3.8, 4) is 5.88 Å². The van der Waals surface area contributed by atoms with Gasteiger partial charge in [0, 0.05) is 32.6 Å². The molecule has 8 heteroatoms. The molecule has 0 unspecified atom stereocenters. The number of piperazine rings is 1. The fourth-order valence-corrected chi connectivity index (χ4v) is 4.54. The Hall–Kier alpha value is -2.03. The molecule has 0 saturated carbocycles. The summed E-state index contributed by atoms with van der Waals surface area (Å²) in [5.41, 5.74) is 0.838. The van der Waals surface area contributed by atoms with E-state index in [0.29, 0.717) is 10.8 Å². The Morgan fingerprint density at radius 2 is 2.04 bits per heavy atom. The minimum absolute atomic E-state index is 0.102. The van der Waals surface area contributed by atoms with Crippen LogP contribution in [-0.4, -0.2) is 62.7 Å². The van der Waals surface area contributed by atoms with Crippen LogP contribution >= 0.6 is 11.3 Å². The van der Waals surface area contributed by atoms with Crippen LogP contribution in [0.5, 0.6) is 5.88 Å². The van der Waals surface area contributed by atoms with Gasteiger partial charge in [0.15, 0.2) is 5.82 Å². The van der Waals surface area contributed by atoms with Crippen molar-refractivity contribution in [2.75, 3.05) is 33.2 Å². The highest BCUT2D eigenvalue weighted by atomic mass is 32.1. The Labute approximate surface area is 155 Å². The molecule has 3 aromatic rings. The number of aromatic nitrogens is 3. The normalized spacial score (nSPS) is 17.8. The lowest BCUT2D eigenvalue weighted by molar-refractivity contribution is 0.127. The maximum Gasteiger partial charge on any atom is 0.230 e. The number of benzene rings is 1. The van der Waals surface area contributed by atoms with Gasteiger partial charge in [-0.15, -0.1) is 5.10 Å². The highest BCUT2D eigenvalue weighted by Gasteiger charge is 2.31. The number of nitrogens with zero attached hydrogens (tertiary/aromatic N) is 5. The molecule has 1 aromatic carbocycles. The third kappa shape index (κ3) is 3.08. The van der Waals surface area contributed by atoms with Gasteiger partial charge < -0.3 is 10.0 Å². The van der Waals surface area contributed by atoms with Crippen LogP contribution in [0, 0.1) is 5.82 Å². The third-order valence-corrected chi connectivity index (χ3v) is 5.95. The van der Waals surface area contributed by atoms with Crippen molar-refractivity contribution < 1.29 is 9.50 Å². The summed E-state index contributed by atoms with van der Waals surface area (Å²) < 4.78 is 15.4. The summed E-state index contributed by atoms with van der Waals surface area (Å²) in [6.07, 6.45) is 0.717. The number of hydrogen-bond donors (Lipinski definition) is 1. The summed E-state index contributed by atoms with van der Waals surface area (Å²) in [5.74, 6) is 0.541. The van der Waals surface area contributed by atoms with E-state index in [1.165, 1.54) is 21.9 Å². The standard InChI is InChI=1S/C18H22FN5OS/c1-3-14-20-18-24(21-14)17(25)16(26-18)15(12-5-4-6-13(19)11-12)23-9-7-22(2)8-10-23/h4-6,11,15,25H,3,7-10H2,1-2H3/t15-/m1/s1. The number of halogens is 1. The molecular weight excluding hydrogens is 353 g/mol. The van der Waals surface area contributed by atoms with E-state index in [-0.39, 0.29) is 17.7 Å². The first-order valence-corrected chi connectivity index (χ1v) is 9.64. The molecule has 0 aliphatic carbocycles. The SMILES string of the molecule is CCc1nc2sc([C@@H](c3cccc(F)c3)N3CCN(C)CC3)c(O)n2n1. The number of hydrogen-bond acceptors (Lipinski definition) is 6. The second-order valence-electron chi connectivity index (χ2n) is 6.66. The Balaban J connectivity index is 1.79.